The van der Waals surface area contributed by atoms with Crippen LogP contribution in [0.5, 0.6) is 11.5 Å². The van der Waals surface area contributed by atoms with Gasteiger partial charge in [-0.2, -0.15) is 0 Å². The number of hydrogen-bond acceptors (Lipinski definition) is 2. The Morgan fingerprint density at radius 3 is 2.84 bits per heavy atom. The minimum absolute atomic E-state index is 0.272. The Balaban J connectivity index is 2.15. The van der Waals surface area contributed by atoms with Crippen molar-refractivity contribution in [3.05, 3.63) is 22.2 Å². The summed E-state index contributed by atoms with van der Waals surface area (Å²) in [5, 5.41) is 0.807. The van der Waals surface area contributed by atoms with Crippen molar-refractivity contribution in [2.45, 2.75) is 37.9 Å². The Labute approximate surface area is 127 Å². The molecule has 0 radical (unpaired) electrons. The highest BCUT2D eigenvalue weighted by Gasteiger charge is 2.33. The maximum absolute atomic E-state index is 6.45. The molecule has 2 nitrogen and oxygen atoms in total. The van der Waals surface area contributed by atoms with Crippen LogP contribution in [0.3, 0.4) is 0 Å². The molecular weight excluding hydrogens is 328 g/mol. The highest BCUT2D eigenvalue weighted by Crippen LogP contribution is 2.52. The molecule has 1 aliphatic carbocycles. The summed E-state index contributed by atoms with van der Waals surface area (Å²) in [6, 6.07) is 1.91. The maximum atomic E-state index is 6.45. The minimum atomic E-state index is 0.272. The summed E-state index contributed by atoms with van der Waals surface area (Å²) < 4.78 is 11.5. The summed E-state index contributed by atoms with van der Waals surface area (Å²) in [5.41, 5.74) is 2.73. The second-order valence-corrected chi connectivity index (χ2v) is 7.62. The number of fused-ring (bicyclic) bond motifs is 3. The molecule has 1 unspecified atom stereocenters. The molecule has 1 aliphatic heterocycles. The van der Waals surface area contributed by atoms with Gasteiger partial charge in [-0.15, -0.1) is 0 Å². The molecule has 1 atom stereocenters. The van der Waals surface area contributed by atoms with Gasteiger partial charge in [0.15, 0.2) is 11.5 Å². The number of halogens is 2. The van der Waals surface area contributed by atoms with E-state index in [2.05, 4.69) is 29.8 Å². The van der Waals surface area contributed by atoms with E-state index in [-0.39, 0.29) is 4.83 Å². The van der Waals surface area contributed by atoms with E-state index in [0.717, 1.165) is 35.8 Å². The molecule has 2 aliphatic rings. The Hall–Kier alpha value is -0.410. The zero-order chi connectivity index (χ0) is 13.6. The number of benzene rings is 1. The molecule has 0 saturated carbocycles. The number of alkyl halides is 1. The number of hydrogen-bond donors (Lipinski definition) is 0. The van der Waals surface area contributed by atoms with Gasteiger partial charge in [0.25, 0.3) is 0 Å². The van der Waals surface area contributed by atoms with Gasteiger partial charge in [-0.25, -0.2) is 0 Å². The molecule has 0 saturated heterocycles. The highest BCUT2D eigenvalue weighted by molar-refractivity contribution is 9.09. The van der Waals surface area contributed by atoms with Gasteiger partial charge in [0.2, 0.25) is 0 Å². The van der Waals surface area contributed by atoms with Crippen molar-refractivity contribution >= 4 is 27.5 Å². The zero-order valence-electron chi connectivity index (χ0n) is 11.3. The van der Waals surface area contributed by atoms with Gasteiger partial charge in [0, 0.05) is 21.5 Å². The maximum Gasteiger partial charge on any atom is 0.166 e. The highest BCUT2D eigenvalue weighted by atomic mass is 79.9. The van der Waals surface area contributed by atoms with Crippen LogP contribution in [0.4, 0.5) is 0 Å². The third kappa shape index (κ3) is 2.47. The smallest absolute Gasteiger partial charge is 0.166 e. The Kier molecular flexibility index (Phi) is 3.46. The first-order valence-corrected chi connectivity index (χ1v) is 8.02. The summed E-state index contributed by atoms with van der Waals surface area (Å²) >= 11 is 10.3. The summed E-state index contributed by atoms with van der Waals surface area (Å²) in [6.45, 7) is 5.83. The average Bonchev–Trinajstić information content (AvgIpc) is 2.46. The molecule has 0 bridgehead atoms. The molecule has 0 fully saturated rings. The molecule has 4 heteroatoms. The van der Waals surface area contributed by atoms with Crippen LogP contribution in [0.2, 0.25) is 5.02 Å². The summed E-state index contributed by atoms with van der Waals surface area (Å²) in [6.07, 6.45) is 3.22. The van der Waals surface area contributed by atoms with E-state index in [1.807, 2.05) is 6.07 Å². The topological polar surface area (TPSA) is 18.5 Å². The predicted octanol–water partition coefficient (Wildman–Crippen LogP) is 4.91. The molecule has 0 spiro atoms. The SMILES string of the molecule is CC1(C)CCc2c(Cl)cc3c(c2C(Br)C1)OCCO3. The minimum Gasteiger partial charge on any atom is -0.486 e. The van der Waals surface area contributed by atoms with Crippen molar-refractivity contribution in [1.29, 1.82) is 0 Å². The van der Waals surface area contributed by atoms with Crippen LogP contribution in [-0.2, 0) is 6.42 Å². The third-order valence-electron chi connectivity index (χ3n) is 4.02. The van der Waals surface area contributed by atoms with Crippen LogP contribution in [0.15, 0.2) is 6.07 Å². The first-order valence-electron chi connectivity index (χ1n) is 6.73. The molecule has 19 heavy (non-hydrogen) atoms. The molecule has 1 aromatic rings. The number of ether oxygens (including phenoxy) is 2. The number of rotatable bonds is 0. The van der Waals surface area contributed by atoms with E-state index in [0.29, 0.717) is 18.6 Å². The normalized spacial score (nSPS) is 24.5. The van der Waals surface area contributed by atoms with Crippen LogP contribution >= 0.6 is 27.5 Å². The van der Waals surface area contributed by atoms with E-state index in [4.69, 9.17) is 21.1 Å². The van der Waals surface area contributed by atoms with Crippen LogP contribution in [0, 0.1) is 5.41 Å². The van der Waals surface area contributed by atoms with E-state index in [9.17, 15) is 0 Å². The lowest BCUT2D eigenvalue weighted by Crippen LogP contribution is -2.18. The summed E-state index contributed by atoms with van der Waals surface area (Å²) in [4.78, 5) is 0.272. The second-order valence-electron chi connectivity index (χ2n) is 6.11. The monoisotopic (exact) mass is 344 g/mol. The standard InChI is InChI=1S/C15H18BrClO2/c1-15(2)4-3-9-11(17)7-12-14(19-6-5-18-12)13(9)10(16)8-15/h7,10H,3-6,8H2,1-2H3. The molecule has 3 rings (SSSR count). The van der Waals surface area contributed by atoms with Gasteiger partial charge in [-0.1, -0.05) is 41.4 Å². The van der Waals surface area contributed by atoms with Crippen molar-refractivity contribution in [2.24, 2.45) is 5.41 Å². The molecule has 0 N–H and O–H groups in total. The zero-order valence-corrected chi connectivity index (χ0v) is 13.6. The fourth-order valence-corrected chi connectivity index (χ4v) is 4.61. The van der Waals surface area contributed by atoms with Crippen LogP contribution < -0.4 is 9.47 Å². The quantitative estimate of drug-likeness (QED) is 0.491. The van der Waals surface area contributed by atoms with Crippen molar-refractivity contribution in [1.82, 2.24) is 0 Å². The summed E-state index contributed by atoms with van der Waals surface area (Å²) in [7, 11) is 0. The van der Waals surface area contributed by atoms with Crippen LogP contribution in [-0.4, -0.2) is 13.2 Å². The molecule has 0 amide bonds. The first kappa shape index (κ1) is 13.6. The molecular formula is C15H18BrClO2. The fraction of sp³-hybridized carbons (Fsp3) is 0.600. The van der Waals surface area contributed by atoms with Gasteiger partial charge in [-0.3, -0.25) is 0 Å². The lowest BCUT2D eigenvalue weighted by Gasteiger charge is -2.26. The average molecular weight is 346 g/mol. The van der Waals surface area contributed by atoms with Gasteiger partial charge in [0.1, 0.15) is 13.2 Å². The van der Waals surface area contributed by atoms with E-state index < -0.39 is 0 Å². The molecule has 1 heterocycles. The van der Waals surface area contributed by atoms with E-state index >= 15 is 0 Å². The second kappa shape index (κ2) is 4.85. The van der Waals surface area contributed by atoms with Crippen molar-refractivity contribution in [3.63, 3.8) is 0 Å². The predicted molar refractivity (Wildman–Crippen MR) is 80.8 cm³/mol. The third-order valence-corrected chi connectivity index (χ3v) is 5.14. The van der Waals surface area contributed by atoms with Crippen LogP contribution in [0.1, 0.15) is 42.6 Å². The Morgan fingerprint density at radius 2 is 2.05 bits per heavy atom. The molecule has 104 valence electrons. The van der Waals surface area contributed by atoms with Crippen molar-refractivity contribution in [2.75, 3.05) is 13.2 Å². The van der Waals surface area contributed by atoms with Crippen LogP contribution in [0.25, 0.3) is 0 Å². The largest absolute Gasteiger partial charge is 0.486 e. The fourth-order valence-electron chi connectivity index (χ4n) is 2.96. The lowest BCUT2D eigenvalue weighted by atomic mass is 9.84. The Morgan fingerprint density at radius 1 is 1.32 bits per heavy atom. The van der Waals surface area contributed by atoms with E-state index in [1.54, 1.807) is 0 Å². The van der Waals surface area contributed by atoms with Gasteiger partial charge < -0.3 is 9.47 Å². The summed E-state index contributed by atoms with van der Waals surface area (Å²) in [5.74, 6) is 1.68. The van der Waals surface area contributed by atoms with E-state index in [1.165, 1.54) is 11.1 Å². The Bertz CT molecular complexity index is 513. The molecule has 1 aromatic carbocycles. The van der Waals surface area contributed by atoms with Crippen molar-refractivity contribution in [3.8, 4) is 11.5 Å². The van der Waals surface area contributed by atoms with Crippen molar-refractivity contribution < 1.29 is 9.47 Å². The van der Waals surface area contributed by atoms with Gasteiger partial charge in [0.05, 0.1) is 0 Å². The van der Waals surface area contributed by atoms with Gasteiger partial charge >= 0.3 is 0 Å². The first-order chi connectivity index (χ1) is 8.98. The molecule has 0 aromatic heterocycles. The lowest BCUT2D eigenvalue weighted by molar-refractivity contribution is 0.169. The van der Waals surface area contributed by atoms with Gasteiger partial charge in [-0.05, 0) is 30.2 Å².